The molecule has 0 bridgehead atoms. The Morgan fingerprint density at radius 3 is 1.19 bits per heavy atom. The minimum Gasteiger partial charge on any atom is -0.379 e. The molecule has 2 aliphatic carbocycles. The van der Waals surface area contributed by atoms with Crippen LogP contribution in [-0.2, 0) is 105 Å². The van der Waals surface area contributed by atoms with Gasteiger partial charge in [-0.15, -0.1) is 37.5 Å². The van der Waals surface area contributed by atoms with Gasteiger partial charge in [0.15, 0.2) is 0 Å². The lowest BCUT2D eigenvalue weighted by Gasteiger charge is -2.22. The Hall–Kier alpha value is -7.08. The molecule has 0 aliphatic heterocycles. The molecule has 5 aromatic rings. The fourth-order valence-electron chi connectivity index (χ4n) is 7.51. The van der Waals surface area contributed by atoms with Crippen LogP contribution in [0.3, 0.4) is 0 Å². The summed E-state index contributed by atoms with van der Waals surface area (Å²) in [7, 11) is -23.4. The van der Waals surface area contributed by atoms with Crippen LogP contribution in [0.4, 0.5) is 0 Å². The second-order valence-electron chi connectivity index (χ2n) is 20.7. The van der Waals surface area contributed by atoms with Crippen molar-refractivity contribution in [3.63, 3.8) is 0 Å². The van der Waals surface area contributed by atoms with E-state index in [2.05, 4.69) is 52.2 Å². The number of oxime groups is 1. The zero-order chi connectivity index (χ0) is 73.0. The second-order valence-corrected chi connectivity index (χ2v) is 31.9. The number of rotatable bonds is 23. The molecule has 30 heteroatoms. The monoisotopic (exact) mass is 1470 g/mol. The van der Waals surface area contributed by atoms with Crippen molar-refractivity contribution in [2.75, 3.05) is 52.7 Å². The van der Waals surface area contributed by atoms with Gasteiger partial charge >= 0.3 is 10.1 Å². The molecule has 96 heavy (non-hydrogen) atoms. The molecule has 0 radical (unpaired) electrons. The summed E-state index contributed by atoms with van der Waals surface area (Å²) in [5, 5.41) is 3.31. The molecule has 2 unspecified atom stereocenters. The van der Waals surface area contributed by atoms with Gasteiger partial charge in [0.2, 0.25) is 0 Å². The summed E-state index contributed by atoms with van der Waals surface area (Å²) in [6.45, 7) is 16.4. The topological polar surface area (TPSA) is 325 Å². The quantitative estimate of drug-likeness (QED) is 0.0147. The van der Waals surface area contributed by atoms with Crippen molar-refractivity contribution in [1.82, 2.24) is 0 Å². The molecule has 0 spiro atoms. The highest BCUT2D eigenvalue weighted by atomic mass is 32.2. The lowest BCUT2D eigenvalue weighted by Crippen LogP contribution is -2.16. The van der Waals surface area contributed by atoms with E-state index in [1.165, 1.54) is 67.4 Å². The third kappa shape index (κ3) is 36.3. The Morgan fingerprint density at radius 1 is 0.490 bits per heavy atom. The van der Waals surface area contributed by atoms with Gasteiger partial charge in [-0.25, -0.2) is 0 Å². The number of ether oxygens (including phenoxy) is 1. The Kier molecular flexibility index (Phi) is 38.5. The highest BCUT2D eigenvalue weighted by molar-refractivity contribution is 7.88. The van der Waals surface area contributed by atoms with Crippen molar-refractivity contribution in [2.24, 2.45) is 11.1 Å². The number of allylic oxidation sites excluding steroid dienone is 1. The van der Waals surface area contributed by atoms with Gasteiger partial charge in [0.25, 0.3) is 60.7 Å². The zero-order valence-corrected chi connectivity index (χ0v) is 60.8. The first-order valence-corrected chi connectivity index (χ1v) is 39.4. The van der Waals surface area contributed by atoms with Crippen LogP contribution in [0.25, 0.3) is 0 Å². The summed E-state index contributed by atoms with van der Waals surface area (Å²) in [6, 6.07) is 30.8. The first-order valence-electron chi connectivity index (χ1n) is 28.7. The first kappa shape index (κ1) is 86.9. The van der Waals surface area contributed by atoms with Gasteiger partial charge in [0, 0.05) is 32.6 Å². The molecule has 2 saturated carbocycles. The van der Waals surface area contributed by atoms with Crippen molar-refractivity contribution < 1.29 is 93.0 Å². The van der Waals surface area contributed by atoms with Crippen LogP contribution in [0.2, 0.25) is 0 Å². The molecule has 0 aromatic heterocycles. The smallest absolute Gasteiger partial charge is 0.358 e. The van der Waals surface area contributed by atoms with E-state index in [4.69, 9.17) is 43.0 Å². The van der Waals surface area contributed by atoms with Crippen LogP contribution < -0.4 is 0 Å². The summed E-state index contributed by atoms with van der Waals surface area (Å²) < 4.78 is 195. The van der Waals surface area contributed by atoms with E-state index < -0.39 is 70.8 Å². The largest absolute Gasteiger partial charge is 0.379 e. The third-order valence-electron chi connectivity index (χ3n) is 12.2. The Bertz CT molecular complexity index is 4180. The fourth-order valence-corrected chi connectivity index (χ4v) is 13.3. The zero-order valence-electron chi connectivity index (χ0n) is 55.1. The molecule has 2 aliphatic rings. The van der Waals surface area contributed by atoms with Crippen LogP contribution in [-0.4, -0.2) is 130 Å². The van der Waals surface area contributed by atoms with E-state index in [9.17, 15) is 58.9 Å². The molecule has 0 amide bonds. The summed E-state index contributed by atoms with van der Waals surface area (Å²) >= 11 is 0. The average molecular weight is 1470 g/mol. The molecule has 526 valence electrons. The molecule has 2 atom stereocenters. The lowest BCUT2D eigenvalue weighted by atomic mass is 9.87. The third-order valence-corrected chi connectivity index (χ3v) is 20.0. The Labute approximate surface area is 570 Å². The molecule has 23 nitrogen and oxygen atoms in total. The maximum atomic E-state index is 11.8. The number of terminal acetylenes is 4. The van der Waals surface area contributed by atoms with E-state index in [1.54, 1.807) is 87.5 Å². The maximum absolute atomic E-state index is 11.8. The Balaban J connectivity index is 0.000000562. The van der Waals surface area contributed by atoms with Crippen LogP contribution in [0, 0.1) is 96.8 Å². The molecular formula is C66H83NO22S7. The van der Waals surface area contributed by atoms with Gasteiger partial charge in [-0.1, -0.05) is 118 Å². The number of hydrogen-bond donors (Lipinski definition) is 0. The van der Waals surface area contributed by atoms with Gasteiger partial charge < -0.3 is 4.74 Å². The molecule has 0 saturated heterocycles. The van der Waals surface area contributed by atoms with Crippen LogP contribution in [0.1, 0.15) is 85.3 Å². The van der Waals surface area contributed by atoms with Crippen molar-refractivity contribution in [3.8, 4) is 49.4 Å². The van der Waals surface area contributed by atoms with E-state index in [0.717, 1.165) is 60.4 Å². The van der Waals surface area contributed by atoms with Gasteiger partial charge in [0.05, 0.1) is 58.0 Å². The lowest BCUT2D eigenvalue weighted by molar-refractivity contribution is 0.140. The number of benzene rings is 5. The number of nitrogens with zero attached hydrogens (tertiary/aromatic N) is 1. The predicted octanol–water partition coefficient (Wildman–Crippen LogP) is 9.59. The standard InChI is InChI=1S/C11H15NO3S.2C11H12O3S.C10H10O3S.C9H16O3S.C9H8O3S.C5H10O4S/c1-5-12-15-16(13,14)11-9(3)6-8(2)7-10(11)4;2*1-3-4-9-14-15(12,13)11-7-5-10(2)6-8-11;1-3-8-13-14(11,12)10-6-4-9(2)5-7-10;1-8-3-5-9(6-4-8)7-12-13(2,10)11;1-2-8-12-13(10,11)9-6-4-3-5-7-9;1-8-4-3-5(4)9-10(2,6)7/h5-7H,1-4H3;2*1,5-8H,4,9H2,2H3;1,4-7H,8H2,2H3;9H,1,3-7H2,2H3;1,3-7H,8H2;4-5H,3H2,1-2H3/b12-5+;;;;;;. The van der Waals surface area contributed by atoms with E-state index >= 15 is 0 Å². The van der Waals surface area contributed by atoms with Crippen molar-refractivity contribution in [3.05, 3.63) is 161 Å². The molecule has 2 fully saturated rings. The highest BCUT2D eigenvalue weighted by Gasteiger charge is 2.41. The predicted molar refractivity (Wildman–Crippen MR) is 367 cm³/mol. The first-order chi connectivity index (χ1) is 44.7. The van der Waals surface area contributed by atoms with Gasteiger partial charge in [-0.05, 0) is 140 Å². The molecular weight excluding hydrogens is 1380 g/mol. The van der Waals surface area contributed by atoms with Crippen LogP contribution in [0.15, 0.2) is 157 Å². The van der Waals surface area contributed by atoms with Crippen molar-refractivity contribution in [2.45, 2.75) is 130 Å². The van der Waals surface area contributed by atoms with Crippen molar-refractivity contribution >= 4 is 77.0 Å². The van der Waals surface area contributed by atoms with Crippen molar-refractivity contribution in [1.29, 1.82) is 0 Å². The summed E-state index contributed by atoms with van der Waals surface area (Å²) in [5.74, 6) is 9.21. The molecule has 0 N–H and O–H groups in total. The molecule has 5 aromatic carbocycles. The Morgan fingerprint density at radius 2 is 0.865 bits per heavy atom. The maximum Gasteiger partial charge on any atom is 0.358 e. The second kappa shape index (κ2) is 42.6. The highest BCUT2D eigenvalue weighted by Crippen LogP contribution is 2.30. The van der Waals surface area contributed by atoms with E-state index in [1.807, 2.05) is 27.7 Å². The fraction of sp³-hybridized carbons (Fsp3) is 0.379. The SMILES string of the molecule is C#CCCOS(=O)(=O)c1ccc(C)cc1.C#CCCOS(=O)(=O)c1ccc(C)cc1.C#CCOS(=O)(=O)c1ccc(C)cc1.C#CCOS(=O)(=O)c1ccccc1.C/C=N/OS(=O)(=O)c1c(C)cc(C)cc1C.C=C1CCC(COS(C)(=O)=O)CC1.COC1CC1OS(C)(=O)=O. The summed E-state index contributed by atoms with van der Waals surface area (Å²) in [5.41, 5.74) is 6.62. The summed E-state index contributed by atoms with van der Waals surface area (Å²) in [4.78, 5) is 0.752. The minimum absolute atomic E-state index is 0.0188. The molecule has 7 rings (SSSR count). The van der Waals surface area contributed by atoms with Gasteiger partial charge in [0.1, 0.15) is 24.2 Å². The van der Waals surface area contributed by atoms with E-state index in [0.29, 0.717) is 30.1 Å². The van der Waals surface area contributed by atoms with Gasteiger partial charge in [-0.3, -0.25) is 29.4 Å². The van der Waals surface area contributed by atoms with Crippen LogP contribution >= 0.6 is 0 Å². The van der Waals surface area contributed by atoms with Gasteiger partial charge in [-0.2, -0.15) is 58.9 Å². The summed E-state index contributed by atoms with van der Waals surface area (Å²) in [6.07, 6.45) is 28.2. The number of hydrogen-bond acceptors (Lipinski definition) is 23. The number of methoxy groups -OCH3 is 1. The minimum atomic E-state index is -3.80. The van der Waals surface area contributed by atoms with E-state index in [-0.39, 0.29) is 76.0 Å². The average Bonchev–Trinajstić information content (AvgIpc) is 0.925. The van der Waals surface area contributed by atoms with Crippen LogP contribution in [0.5, 0.6) is 0 Å². The number of aryl methyl sites for hydroxylation is 6. The normalized spacial score (nSPS) is 14.6. The molecule has 0 heterocycles.